The largest absolute Gasteiger partial charge is 0.497 e. The van der Waals surface area contributed by atoms with E-state index in [1.165, 1.54) is 30.2 Å². The van der Waals surface area contributed by atoms with Crippen LogP contribution in [0.4, 0.5) is 5.00 Å². The van der Waals surface area contributed by atoms with Crippen molar-refractivity contribution in [1.82, 2.24) is 14.8 Å². The van der Waals surface area contributed by atoms with Gasteiger partial charge in [-0.3, -0.25) is 4.79 Å². The number of rotatable bonds is 8. The van der Waals surface area contributed by atoms with Gasteiger partial charge in [-0.1, -0.05) is 37.7 Å². The number of thiophene rings is 1. The van der Waals surface area contributed by atoms with E-state index in [2.05, 4.69) is 15.5 Å². The number of nitrogens with zero attached hydrogens (tertiary/aromatic N) is 3. The molecule has 0 aliphatic carbocycles. The van der Waals surface area contributed by atoms with Crippen molar-refractivity contribution in [3.05, 3.63) is 41.0 Å². The Balaban J connectivity index is 1.76. The number of carbonyl (C=O) groups excluding carboxylic acids is 2. The monoisotopic (exact) mass is 460 g/mol. The van der Waals surface area contributed by atoms with Gasteiger partial charge in [0, 0.05) is 23.9 Å². The number of nitrogens with one attached hydrogen (secondary N) is 1. The quantitative estimate of drug-likeness (QED) is 0.398. The Morgan fingerprint density at radius 1 is 1.19 bits per heavy atom. The molecule has 1 aromatic carbocycles. The predicted molar refractivity (Wildman–Crippen MR) is 122 cm³/mol. The van der Waals surface area contributed by atoms with Crippen molar-refractivity contribution in [2.24, 2.45) is 7.05 Å². The average Bonchev–Trinajstić information content (AvgIpc) is 3.35. The Morgan fingerprint density at radius 2 is 1.90 bits per heavy atom. The Morgan fingerprint density at radius 3 is 2.48 bits per heavy atom. The topological polar surface area (TPSA) is 95.3 Å². The van der Waals surface area contributed by atoms with Gasteiger partial charge >= 0.3 is 5.97 Å². The minimum Gasteiger partial charge on any atom is -0.497 e. The molecule has 0 fully saturated rings. The van der Waals surface area contributed by atoms with Crippen LogP contribution in [0.3, 0.4) is 0 Å². The molecule has 31 heavy (non-hydrogen) atoms. The summed E-state index contributed by atoms with van der Waals surface area (Å²) in [6, 6.07) is 7.34. The lowest BCUT2D eigenvalue weighted by molar-refractivity contribution is -0.113. The lowest BCUT2D eigenvalue weighted by atomic mass is 10.0. The summed E-state index contributed by atoms with van der Waals surface area (Å²) in [6.45, 7) is 4.08. The van der Waals surface area contributed by atoms with E-state index in [0.29, 0.717) is 27.0 Å². The molecule has 0 unspecified atom stereocenters. The first-order valence-corrected chi connectivity index (χ1v) is 11.4. The maximum Gasteiger partial charge on any atom is 0.341 e. The van der Waals surface area contributed by atoms with Gasteiger partial charge in [-0.05, 0) is 17.7 Å². The number of amides is 1. The average molecular weight is 461 g/mol. The maximum absolute atomic E-state index is 12.6. The van der Waals surface area contributed by atoms with Gasteiger partial charge in [0.2, 0.25) is 5.91 Å². The molecule has 0 bridgehead atoms. The summed E-state index contributed by atoms with van der Waals surface area (Å²) in [5.41, 5.74) is 1.85. The number of carbonyl (C=O) groups is 2. The van der Waals surface area contributed by atoms with E-state index >= 15 is 0 Å². The van der Waals surface area contributed by atoms with Crippen LogP contribution in [-0.4, -0.2) is 46.6 Å². The highest BCUT2D eigenvalue weighted by molar-refractivity contribution is 7.99. The van der Waals surface area contributed by atoms with Crippen molar-refractivity contribution in [3.8, 4) is 16.9 Å². The number of aromatic nitrogens is 3. The van der Waals surface area contributed by atoms with Crippen LogP contribution in [-0.2, 0) is 16.6 Å². The fourth-order valence-corrected chi connectivity index (χ4v) is 4.68. The van der Waals surface area contributed by atoms with E-state index in [9.17, 15) is 9.59 Å². The molecule has 0 saturated heterocycles. The summed E-state index contributed by atoms with van der Waals surface area (Å²) < 4.78 is 12.0. The molecular formula is C21H24N4O4S2. The Bertz CT molecular complexity index is 1070. The van der Waals surface area contributed by atoms with Crippen LogP contribution >= 0.6 is 23.1 Å². The molecular weight excluding hydrogens is 436 g/mol. The molecule has 3 rings (SSSR count). The molecule has 0 saturated carbocycles. The third-order valence-electron chi connectivity index (χ3n) is 4.55. The first kappa shape index (κ1) is 22.8. The molecule has 2 heterocycles. The van der Waals surface area contributed by atoms with Crippen LogP contribution in [0.25, 0.3) is 11.1 Å². The van der Waals surface area contributed by atoms with Crippen molar-refractivity contribution in [1.29, 1.82) is 0 Å². The van der Waals surface area contributed by atoms with Gasteiger partial charge in [-0.15, -0.1) is 21.5 Å². The smallest absolute Gasteiger partial charge is 0.341 e. The second kappa shape index (κ2) is 9.97. The zero-order chi connectivity index (χ0) is 22.5. The van der Waals surface area contributed by atoms with Crippen molar-refractivity contribution < 1.29 is 19.1 Å². The van der Waals surface area contributed by atoms with Gasteiger partial charge in [0.05, 0.1) is 20.0 Å². The minimum absolute atomic E-state index is 0.139. The lowest BCUT2D eigenvalue weighted by Gasteiger charge is -2.09. The number of methoxy groups -OCH3 is 2. The van der Waals surface area contributed by atoms with Crippen molar-refractivity contribution >= 4 is 40.0 Å². The summed E-state index contributed by atoms with van der Waals surface area (Å²) in [7, 11) is 4.79. The molecule has 2 aromatic heterocycles. The molecule has 0 aliphatic rings. The number of anilines is 1. The van der Waals surface area contributed by atoms with Gasteiger partial charge in [-0.25, -0.2) is 4.79 Å². The van der Waals surface area contributed by atoms with Crippen LogP contribution in [0.2, 0.25) is 0 Å². The molecule has 0 spiro atoms. The fraction of sp³-hybridized carbons (Fsp3) is 0.333. The molecule has 0 aliphatic heterocycles. The predicted octanol–water partition coefficient (Wildman–Crippen LogP) is 4.19. The highest BCUT2D eigenvalue weighted by Gasteiger charge is 2.23. The van der Waals surface area contributed by atoms with Gasteiger partial charge < -0.3 is 19.4 Å². The molecule has 164 valence electrons. The van der Waals surface area contributed by atoms with Crippen molar-refractivity contribution in [3.63, 3.8) is 0 Å². The van der Waals surface area contributed by atoms with Gasteiger partial charge in [-0.2, -0.15) is 0 Å². The Labute approximate surface area is 189 Å². The van der Waals surface area contributed by atoms with Crippen LogP contribution < -0.4 is 10.1 Å². The number of benzene rings is 1. The number of ether oxygens (including phenoxy) is 2. The van der Waals surface area contributed by atoms with E-state index in [-0.39, 0.29) is 17.6 Å². The SMILES string of the molecule is COC(=O)c1c(-c2ccc(OC)cc2)csc1NC(=O)CSc1nnc(C(C)C)n1C. The Hall–Kier alpha value is -2.85. The summed E-state index contributed by atoms with van der Waals surface area (Å²) in [4.78, 5) is 25.0. The van der Waals surface area contributed by atoms with Crippen LogP contribution in [0, 0.1) is 0 Å². The molecule has 1 amide bonds. The fourth-order valence-electron chi connectivity index (χ4n) is 2.99. The van der Waals surface area contributed by atoms with E-state index in [0.717, 1.165) is 11.4 Å². The van der Waals surface area contributed by atoms with Crippen molar-refractivity contribution in [2.75, 3.05) is 25.3 Å². The van der Waals surface area contributed by atoms with Gasteiger partial charge in [0.25, 0.3) is 0 Å². The highest BCUT2D eigenvalue weighted by atomic mass is 32.2. The number of esters is 1. The Kier molecular flexibility index (Phi) is 7.34. The summed E-state index contributed by atoms with van der Waals surface area (Å²) in [5, 5.41) is 14.1. The molecule has 1 N–H and O–H groups in total. The first-order valence-electron chi connectivity index (χ1n) is 9.51. The molecule has 0 radical (unpaired) electrons. The summed E-state index contributed by atoms with van der Waals surface area (Å²) in [5.74, 6) is 1.20. The van der Waals surface area contributed by atoms with E-state index < -0.39 is 5.97 Å². The first-order chi connectivity index (χ1) is 14.8. The molecule has 8 nitrogen and oxygen atoms in total. The highest BCUT2D eigenvalue weighted by Crippen LogP contribution is 2.37. The van der Waals surface area contributed by atoms with Gasteiger partial charge in [0.1, 0.15) is 22.1 Å². The van der Waals surface area contributed by atoms with E-state index in [1.807, 2.05) is 55.1 Å². The summed E-state index contributed by atoms with van der Waals surface area (Å²) in [6.07, 6.45) is 0. The van der Waals surface area contributed by atoms with Crippen LogP contribution in [0.5, 0.6) is 5.75 Å². The number of hydrogen-bond donors (Lipinski definition) is 1. The molecule has 3 aromatic rings. The minimum atomic E-state index is -0.509. The van der Waals surface area contributed by atoms with Crippen molar-refractivity contribution in [2.45, 2.75) is 24.9 Å². The third-order valence-corrected chi connectivity index (χ3v) is 6.47. The number of hydrogen-bond acceptors (Lipinski definition) is 8. The zero-order valence-corrected chi connectivity index (χ0v) is 19.6. The van der Waals surface area contributed by atoms with Gasteiger partial charge in [0.15, 0.2) is 5.16 Å². The van der Waals surface area contributed by atoms with Crippen LogP contribution in [0.1, 0.15) is 35.9 Å². The standard InChI is InChI=1S/C21H24N4O4S2/c1-12(2)18-23-24-21(25(18)3)31-11-16(26)22-19-17(20(27)29-5)15(10-30-19)13-6-8-14(28-4)9-7-13/h6-10,12H,11H2,1-5H3,(H,22,26). The summed E-state index contributed by atoms with van der Waals surface area (Å²) >= 11 is 2.57. The normalized spacial score (nSPS) is 10.9. The molecule has 0 atom stereocenters. The van der Waals surface area contributed by atoms with Crippen LogP contribution in [0.15, 0.2) is 34.8 Å². The third kappa shape index (κ3) is 5.08. The number of thioether (sulfide) groups is 1. The second-order valence-electron chi connectivity index (χ2n) is 6.96. The lowest BCUT2D eigenvalue weighted by Crippen LogP contribution is -2.16. The second-order valence-corrected chi connectivity index (χ2v) is 8.79. The molecule has 10 heteroatoms. The van der Waals surface area contributed by atoms with E-state index in [4.69, 9.17) is 9.47 Å². The maximum atomic E-state index is 12.6. The zero-order valence-electron chi connectivity index (χ0n) is 18.0. The van der Waals surface area contributed by atoms with E-state index in [1.54, 1.807) is 7.11 Å².